The number of ether oxygens (including phenoxy) is 2. The second-order valence-electron chi connectivity index (χ2n) is 7.50. The van der Waals surface area contributed by atoms with Crippen LogP contribution in [0.4, 0.5) is 0 Å². The van der Waals surface area contributed by atoms with Crippen molar-refractivity contribution in [1.29, 1.82) is 0 Å². The van der Waals surface area contributed by atoms with Crippen molar-refractivity contribution in [2.24, 2.45) is 0 Å². The molecule has 1 aromatic heterocycles. The van der Waals surface area contributed by atoms with Crippen molar-refractivity contribution >= 4 is 18.3 Å². The Morgan fingerprint density at radius 1 is 1.28 bits per heavy atom. The van der Waals surface area contributed by atoms with Gasteiger partial charge in [-0.2, -0.15) is 5.10 Å². The molecule has 3 heterocycles. The van der Waals surface area contributed by atoms with E-state index in [9.17, 15) is 4.79 Å². The van der Waals surface area contributed by atoms with E-state index in [0.717, 1.165) is 55.8 Å². The first-order valence-electron chi connectivity index (χ1n) is 10.1. The first-order valence-corrected chi connectivity index (χ1v) is 10.1. The van der Waals surface area contributed by atoms with Gasteiger partial charge in [0.15, 0.2) is 5.69 Å². The zero-order valence-electron chi connectivity index (χ0n) is 16.6. The van der Waals surface area contributed by atoms with E-state index in [0.29, 0.717) is 12.2 Å². The number of fused-ring (bicyclic) bond motifs is 1. The van der Waals surface area contributed by atoms with E-state index in [1.165, 1.54) is 0 Å². The quantitative estimate of drug-likeness (QED) is 0.668. The van der Waals surface area contributed by atoms with E-state index >= 15 is 0 Å². The molecule has 8 heteroatoms. The summed E-state index contributed by atoms with van der Waals surface area (Å²) in [6.07, 6.45) is 2.54. The number of nitrogens with zero attached hydrogens (tertiary/aromatic N) is 1. The van der Waals surface area contributed by atoms with Crippen LogP contribution < -0.4 is 10.6 Å². The minimum Gasteiger partial charge on any atom is -0.381 e. The van der Waals surface area contributed by atoms with Crippen LogP contribution in [0.25, 0.3) is 0 Å². The lowest BCUT2D eigenvalue weighted by Crippen LogP contribution is -2.40. The molecule has 2 atom stereocenters. The molecular weight excluding hydrogens is 392 g/mol. The molecule has 2 aliphatic heterocycles. The van der Waals surface area contributed by atoms with Gasteiger partial charge in [-0.3, -0.25) is 9.89 Å². The van der Waals surface area contributed by atoms with Crippen molar-refractivity contribution in [3.8, 4) is 0 Å². The maximum Gasteiger partial charge on any atom is 0.272 e. The molecule has 0 aliphatic carbocycles. The zero-order valence-corrected chi connectivity index (χ0v) is 17.5. The van der Waals surface area contributed by atoms with E-state index < -0.39 is 0 Å². The van der Waals surface area contributed by atoms with Crippen LogP contribution in [0.3, 0.4) is 0 Å². The first-order chi connectivity index (χ1) is 13.7. The summed E-state index contributed by atoms with van der Waals surface area (Å²) in [7, 11) is 0. The summed E-state index contributed by atoms with van der Waals surface area (Å²) in [6.45, 7) is 5.01. The lowest BCUT2D eigenvalue weighted by molar-refractivity contribution is -0.0785. The predicted octanol–water partition coefficient (Wildman–Crippen LogP) is 2.53. The number of aromatic nitrogens is 2. The number of halogens is 1. The molecule has 0 radical (unpaired) electrons. The third-order valence-electron chi connectivity index (χ3n) is 5.47. The second-order valence-corrected chi connectivity index (χ2v) is 7.50. The second kappa shape index (κ2) is 10.2. The molecule has 4 rings (SSSR count). The third kappa shape index (κ3) is 5.17. The lowest BCUT2D eigenvalue weighted by Gasteiger charge is -2.31. The molecule has 1 amide bonds. The highest BCUT2D eigenvalue weighted by molar-refractivity contribution is 5.94. The maximum atomic E-state index is 12.9. The van der Waals surface area contributed by atoms with Crippen LogP contribution in [-0.2, 0) is 22.4 Å². The number of aromatic amines is 1. The maximum absolute atomic E-state index is 12.9. The molecule has 3 N–H and O–H groups in total. The van der Waals surface area contributed by atoms with Gasteiger partial charge in [0.1, 0.15) is 6.10 Å². The van der Waals surface area contributed by atoms with Crippen molar-refractivity contribution in [3.05, 3.63) is 52.8 Å². The fourth-order valence-corrected chi connectivity index (χ4v) is 3.91. The van der Waals surface area contributed by atoms with Crippen molar-refractivity contribution in [2.45, 2.75) is 51.0 Å². The highest BCUT2D eigenvalue weighted by atomic mass is 35.5. The van der Waals surface area contributed by atoms with Crippen LogP contribution in [0, 0.1) is 0 Å². The van der Waals surface area contributed by atoms with E-state index in [-0.39, 0.29) is 36.6 Å². The molecule has 1 saturated heterocycles. The number of benzene rings is 1. The van der Waals surface area contributed by atoms with E-state index in [2.05, 4.69) is 20.8 Å². The minimum atomic E-state index is -0.221. The molecule has 1 aromatic carbocycles. The van der Waals surface area contributed by atoms with Crippen LogP contribution in [0.15, 0.2) is 30.3 Å². The Bertz CT molecular complexity index is 792. The van der Waals surface area contributed by atoms with E-state index in [4.69, 9.17) is 9.47 Å². The molecule has 2 aliphatic rings. The Morgan fingerprint density at radius 3 is 2.79 bits per heavy atom. The normalized spacial score (nSPS) is 18.9. The summed E-state index contributed by atoms with van der Waals surface area (Å²) < 4.78 is 11.9. The van der Waals surface area contributed by atoms with Gasteiger partial charge in [-0.1, -0.05) is 30.3 Å². The first kappa shape index (κ1) is 21.8. The smallest absolute Gasteiger partial charge is 0.272 e. The molecule has 2 aromatic rings. The zero-order chi connectivity index (χ0) is 19.3. The van der Waals surface area contributed by atoms with Crippen molar-refractivity contribution < 1.29 is 14.3 Å². The number of rotatable bonds is 6. The highest BCUT2D eigenvalue weighted by Crippen LogP contribution is 2.27. The van der Waals surface area contributed by atoms with Crippen LogP contribution in [-0.4, -0.2) is 48.0 Å². The van der Waals surface area contributed by atoms with Gasteiger partial charge in [0.05, 0.1) is 12.1 Å². The number of carbonyl (C=O) groups is 1. The Morgan fingerprint density at radius 2 is 2.03 bits per heavy atom. The fraction of sp³-hybridized carbons (Fsp3) is 0.524. The number of H-pyrrole nitrogens is 1. The SMILES string of the molecule is CC(NC(=O)c1n[nH]c2c1CNCC2)C(OC1CCOCC1)c1ccccc1.Cl. The molecule has 0 saturated carbocycles. The van der Waals surface area contributed by atoms with Gasteiger partial charge < -0.3 is 20.1 Å². The third-order valence-corrected chi connectivity index (χ3v) is 5.47. The van der Waals surface area contributed by atoms with Gasteiger partial charge in [-0.15, -0.1) is 12.4 Å². The van der Waals surface area contributed by atoms with Gasteiger partial charge in [-0.05, 0) is 25.3 Å². The highest BCUT2D eigenvalue weighted by Gasteiger charge is 2.29. The van der Waals surface area contributed by atoms with Crippen LogP contribution in [0.2, 0.25) is 0 Å². The van der Waals surface area contributed by atoms with E-state index in [1.807, 2.05) is 37.3 Å². The molecule has 1 fully saturated rings. The van der Waals surface area contributed by atoms with Gasteiger partial charge in [0.2, 0.25) is 0 Å². The molecular formula is C21H29ClN4O3. The summed E-state index contributed by atoms with van der Waals surface area (Å²) >= 11 is 0. The van der Waals surface area contributed by atoms with Gasteiger partial charge in [0, 0.05) is 44.0 Å². The average molecular weight is 421 g/mol. The molecule has 29 heavy (non-hydrogen) atoms. The number of hydrogen-bond donors (Lipinski definition) is 3. The van der Waals surface area contributed by atoms with Crippen molar-refractivity contribution in [1.82, 2.24) is 20.8 Å². The fourth-order valence-electron chi connectivity index (χ4n) is 3.91. The Kier molecular flexibility index (Phi) is 7.66. The average Bonchev–Trinajstić information content (AvgIpc) is 3.17. The predicted molar refractivity (Wildman–Crippen MR) is 112 cm³/mol. The number of nitrogens with one attached hydrogen (secondary N) is 3. The summed E-state index contributed by atoms with van der Waals surface area (Å²) in [5.74, 6) is -0.162. The lowest BCUT2D eigenvalue weighted by atomic mass is 10.0. The monoisotopic (exact) mass is 420 g/mol. The number of carbonyl (C=O) groups excluding carboxylic acids is 1. The molecule has 158 valence electrons. The Labute approximate surface area is 177 Å². The van der Waals surface area contributed by atoms with Crippen molar-refractivity contribution in [3.63, 3.8) is 0 Å². The molecule has 2 unspecified atom stereocenters. The van der Waals surface area contributed by atoms with Gasteiger partial charge in [0.25, 0.3) is 5.91 Å². The summed E-state index contributed by atoms with van der Waals surface area (Å²) in [5.41, 5.74) is 3.56. The number of amides is 1. The minimum absolute atomic E-state index is 0. The molecule has 0 bridgehead atoms. The number of hydrogen-bond acceptors (Lipinski definition) is 5. The van der Waals surface area contributed by atoms with E-state index in [1.54, 1.807) is 0 Å². The van der Waals surface area contributed by atoms with Crippen LogP contribution in [0.5, 0.6) is 0 Å². The molecule has 0 spiro atoms. The van der Waals surface area contributed by atoms with Crippen molar-refractivity contribution in [2.75, 3.05) is 19.8 Å². The standard InChI is InChI=1S/C21H28N4O3.ClH/c1-14(23-21(26)19-17-13-22-10-7-18(17)24-25-19)20(15-5-3-2-4-6-15)28-16-8-11-27-12-9-16;/h2-6,14,16,20,22H,7-13H2,1H3,(H,23,26)(H,24,25);1H. The summed E-state index contributed by atoms with van der Waals surface area (Å²) in [4.78, 5) is 12.9. The summed E-state index contributed by atoms with van der Waals surface area (Å²) in [5, 5.41) is 13.7. The largest absolute Gasteiger partial charge is 0.381 e. The Balaban J connectivity index is 0.00000240. The van der Waals surface area contributed by atoms with Gasteiger partial charge >= 0.3 is 0 Å². The van der Waals surface area contributed by atoms with Crippen LogP contribution in [0.1, 0.15) is 53.2 Å². The topological polar surface area (TPSA) is 88.3 Å². The molecule has 7 nitrogen and oxygen atoms in total. The Hall–Kier alpha value is -1.93. The summed E-state index contributed by atoms with van der Waals surface area (Å²) in [6, 6.07) is 9.89. The van der Waals surface area contributed by atoms with Crippen LogP contribution >= 0.6 is 12.4 Å². The van der Waals surface area contributed by atoms with Gasteiger partial charge in [-0.25, -0.2) is 0 Å².